The highest BCUT2D eigenvalue weighted by atomic mass is 19.1. The van der Waals surface area contributed by atoms with Crippen molar-refractivity contribution < 1.29 is 4.39 Å². The fourth-order valence-electron chi connectivity index (χ4n) is 0.691. The van der Waals surface area contributed by atoms with E-state index in [9.17, 15) is 4.39 Å². The van der Waals surface area contributed by atoms with Crippen molar-refractivity contribution in [3.63, 3.8) is 0 Å². The normalized spacial score (nSPS) is 13.6. The van der Waals surface area contributed by atoms with E-state index in [1.54, 1.807) is 26.1 Å². The van der Waals surface area contributed by atoms with E-state index in [0.717, 1.165) is 6.42 Å². The third-order valence-electron chi connectivity index (χ3n) is 1.20. The van der Waals surface area contributed by atoms with Gasteiger partial charge in [0, 0.05) is 7.05 Å². The first-order valence-electron chi connectivity index (χ1n) is 3.46. The van der Waals surface area contributed by atoms with Gasteiger partial charge in [0.1, 0.15) is 5.83 Å². The average molecular weight is 143 g/mol. The lowest BCUT2D eigenvalue weighted by atomic mass is 10.3. The lowest BCUT2D eigenvalue weighted by molar-refractivity contribution is 0.628. The van der Waals surface area contributed by atoms with Gasteiger partial charge in [-0.1, -0.05) is 13.0 Å². The second kappa shape index (κ2) is 5.03. The number of hydrogen-bond donors (Lipinski definition) is 1. The zero-order chi connectivity index (χ0) is 7.98. The van der Waals surface area contributed by atoms with Gasteiger partial charge in [-0.3, -0.25) is 0 Å². The minimum atomic E-state index is -0.174. The summed E-state index contributed by atoms with van der Waals surface area (Å²) in [6.45, 7) is 3.71. The lowest BCUT2D eigenvalue weighted by Gasteiger charge is -2.01. The van der Waals surface area contributed by atoms with Crippen LogP contribution >= 0.6 is 0 Å². The first-order valence-corrected chi connectivity index (χ1v) is 3.46. The van der Waals surface area contributed by atoms with Gasteiger partial charge in [0.2, 0.25) is 0 Å². The summed E-state index contributed by atoms with van der Waals surface area (Å²) < 4.78 is 12.8. The third kappa shape index (κ3) is 2.67. The van der Waals surface area contributed by atoms with Crippen molar-refractivity contribution in [3.8, 4) is 0 Å². The SMILES string of the molecule is C/C=C(NC)\C(F)=C/CC. The van der Waals surface area contributed by atoms with Crippen LogP contribution in [0.15, 0.2) is 23.7 Å². The summed E-state index contributed by atoms with van der Waals surface area (Å²) in [5.41, 5.74) is 0.557. The molecule has 0 saturated carbocycles. The Balaban J connectivity index is 4.16. The Bertz CT molecular complexity index is 147. The topological polar surface area (TPSA) is 12.0 Å². The molecule has 0 aliphatic carbocycles. The molecule has 58 valence electrons. The summed E-state index contributed by atoms with van der Waals surface area (Å²) in [7, 11) is 1.71. The molecular weight excluding hydrogens is 129 g/mol. The van der Waals surface area contributed by atoms with Crippen LogP contribution < -0.4 is 5.32 Å². The molecule has 0 spiro atoms. The number of halogens is 1. The van der Waals surface area contributed by atoms with Crippen molar-refractivity contribution >= 4 is 0 Å². The third-order valence-corrected chi connectivity index (χ3v) is 1.20. The summed E-state index contributed by atoms with van der Waals surface area (Å²) in [5.74, 6) is -0.174. The summed E-state index contributed by atoms with van der Waals surface area (Å²) in [4.78, 5) is 0. The predicted octanol–water partition coefficient (Wildman–Crippen LogP) is 2.37. The van der Waals surface area contributed by atoms with Gasteiger partial charge in [0.25, 0.3) is 0 Å². The van der Waals surface area contributed by atoms with Crippen molar-refractivity contribution in [2.45, 2.75) is 20.3 Å². The standard InChI is InChI=1S/C8H14FN/c1-4-6-7(9)8(5-2)10-3/h5-6,10H,4H2,1-3H3/b7-6+,8-5+. The van der Waals surface area contributed by atoms with Crippen LogP contribution in [0.25, 0.3) is 0 Å². The monoisotopic (exact) mass is 143 g/mol. The Hall–Kier alpha value is -0.790. The summed E-state index contributed by atoms with van der Waals surface area (Å²) in [5, 5.41) is 2.75. The summed E-state index contributed by atoms with van der Waals surface area (Å²) in [6.07, 6.45) is 3.98. The van der Waals surface area contributed by atoms with Crippen LogP contribution in [-0.4, -0.2) is 7.05 Å². The fourth-order valence-corrected chi connectivity index (χ4v) is 0.691. The van der Waals surface area contributed by atoms with E-state index in [4.69, 9.17) is 0 Å². The van der Waals surface area contributed by atoms with Crippen LogP contribution in [0.4, 0.5) is 4.39 Å². The first-order chi connectivity index (χ1) is 4.76. The molecule has 0 rings (SSSR count). The summed E-state index contributed by atoms with van der Waals surface area (Å²) >= 11 is 0. The maximum atomic E-state index is 12.8. The van der Waals surface area contributed by atoms with Crippen LogP contribution in [0.5, 0.6) is 0 Å². The minimum absolute atomic E-state index is 0.174. The van der Waals surface area contributed by atoms with Crippen LogP contribution in [0.1, 0.15) is 20.3 Å². The van der Waals surface area contributed by atoms with Gasteiger partial charge >= 0.3 is 0 Å². The minimum Gasteiger partial charge on any atom is -0.386 e. The molecule has 0 unspecified atom stereocenters. The van der Waals surface area contributed by atoms with Gasteiger partial charge in [-0.25, -0.2) is 4.39 Å². The number of allylic oxidation sites excluding steroid dienone is 3. The van der Waals surface area contributed by atoms with E-state index in [-0.39, 0.29) is 5.83 Å². The van der Waals surface area contributed by atoms with Crippen LogP contribution in [0.3, 0.4) is 0 Å². The van der Waals surface area contributed by atoms with Crippen molar-refractivity contribution in [1.82, 2.24) is 5.32 Å². The molecule has 10 heavy (non-hydrogen) atoms. The molecule has 0 bridgehead atoms. The molecule has 0 fully saturated rings. The molecule has 0 amide bonds. The van der Waals surface area contributed by atoms with E-state index >= 15 is 0 Å². The number of likely N-dealkylation sites (N-methyl/N-ethyl adjacent to an activating group) is 1. The molecule has 0 aliphatic rings. The van der Waals surface area contributed by atoms with Crippen LogP contribution in [-0.2, 0) is 0 Å². The predicted molar refractivity (Wildman–Crippen MR) is 42.3 cm³/mol. The molecule has 0 atom stereocenters. The molecule has 0 aromatic carbocycles. The van der Waals surface area contributed by atoms with E-state index in [2.05, 4.69) is 5.32 Å². The molecule has 0 heterocycles. The molecule has 2 heteroatoms. The number of nitrogens with one attached hydrogen (secondary N) is 1. The molecule has 0 saturated heterocycles. The van der Waals surface area contributed by atoms with E-state index in [0.29, 0.717) is 5.70 Å². The second-order valence-corrected chi connectivity index (χ2v) is 1.91. The second-order valence-electron chi connectivity index (χ2n) is 1.91. The number of hydrogen-bond acceptors (Lipinski definition) is 1. The van der Waals surface area contributed by atoms with Crippen LogP contribution in [0.2, 0.25) is 0 Å². The maximum absolute atomic E-state index is 12.8. The largest absolute Gasteiger partial charge is 0.386 e. The Kier molecular flexibility index (Phi) is 4.63. The molecule has 1 N–H and O–H groups in total. The Morgan fingerprint density at radius 2 is 2.20 bits per heavy atom. The Morgan fingerprint density at radius 1 is 1.60 bits per heavy atom. The van der Waals surface area contributed by atoms with E-state index in [1.165, 1.54) is 0 Å². The number of rotatable bonds is 3. The smallest absolute Gasteiger partial charge is 0.141 e. The van der Waals surface area contributed by atoms with E-state index in [1.807, 2.05) is 6.92 Å². The molecule has 1 nitrogen and oxygen atoms in total. The Labute approximate surface area is 61.6 Å². The first kappa shape index (κ1) is 9.21. The van der Waals surface area contributed by atoms with Gasteiger partial charge < -0.3 is 5.32 Å². The maximum Gasteiger partial charge on any atom is 0.141 e. The zero-order valence-corrected chi connectivity index (χ0v) is 6.74. The van der Waals surface area contributed by atoms with Crippen molar-refractivity contribution in [2.24, 2.45) is 0 Å². The fraction of sp³-hybridized carbons (Fsp3) is 0.500. The van der Waals surface area contributed by atoms with E-state index < -0.39 is 0 Å². The van der Waals surface area contributed by atoms with Crippen LogP contribution in [0, 0.1) is 0 Å². The van der Waals surface area contributed by atoms with Gasteiger partial charge in [-0.05, 0) is 19.4 Å². The van der Waals surface area contributed by atoms with Crippen molar-refractivity contribution in [1.29, 1.82) is 0 Å². The molecular formula is C8H14FN. The van der Waals surface area contributed by atoms with Crippen molar-refractivity contribution in [3.05, 3.63) is 23.7 Å². The molecule has 0 aromatic rings. The lowest BCUT2D eigenvalue weighted by Crippen LogP contribution is -2.05. The molecule has 0 aromatic heterocycles. The van der Waals surface area contributed by atoms with Crippen molar-refractivity contribution in [2.75, 3.05) is 7.05 Å². The highest BCUT2D eigenvalue weighted by Gasteiger charge is 1.96. The van der Waals surface area contributed by atoms with Gasteiger partial charge in [0.15, 0.2) is 0 Å². The van der Waals surface area contributed by atoms with Gasteiger partial charge in [-0.15, -0.1) is 0 Å². The van der Waals surface area contributed by atoms with Gasteiger partial charge in [-0.2, -0.15) is 0 Å². The zero-order valence-electron chi connectivity index (χ0n) is 6.74. The highest BCUT2D eigenvalue weighted by Crippen LogP contribution is 2.07. The van der Waals surface area contributed by atoms with Gasteiger partial charge in [0.05, 0.1) is 5.70 Å². The average Bonchev–Trinajstić information content (AvgIpc) is 1.91. The molecule has 0 radical (unpaired) electrons. The Morgan fingerprint density at radius 3 is 2.50 bits per heavy atom. The quantitative estimate of drug-likeness (QED) is 0.598. The molecule has 0 aliphatic heterocycles. The highest BCUT2D eigenvalue weighted by molar-refractivity contribution is 5.21. The summed E-state index contributed by atoms with van der Waals surface area (Å²) in [6, 6.07) is 0.